The van der Waals surface area contributed by atoms with Crippen LogP contribution in [0.4, 0.5) is 5.95 Å². The minimum atomic E-state index is 0.0241. The normalized spacial score (nSPS) is 18.8. The van der Waals surface area contributed by atoms with Crippen LogP contribution in [0.1, 0.15) is 32.3 Å². The fourth-order valence-electron chi connectivity index (χ4n) is 4.05. The summed E-state index contributed by atoms with van der Waals surface area (Å²) < 4.78 is 1.80. The van der Waals surface area contributed by atoms with Crippen LogP contribution in [0.5, 0.6) is 0 Å². The molecule has 6 nitrogen and oxygen atoms in total. The molecule has 1 saturated heterocycles. The second-order valence-corrected chi connectivity index (χ2v) is 8.89. The number of pyridine rings is 1. The van der Waals surface area contributed by atoms with Gasteiger partial charge < -0.3 is 0 Å². The van der Waals surface area contributed by atoms with Crippen molar-refractivity contribution in [2.24, 2.45) is 11.3 Å². The number of carbonyl (C=O) groups excluding carboxylic acids is 1. The number of hydrogen-bond acceptors (Lipinski definition) is 4. The summed E-state index contributed by atoms with van der Waals surface area (Å²) in [5.41, 5.74) is 4.56. The number of nitrogens with zero attached hydrogens (tertiary/aromatic N) is 4. The summed E-state index contributed by atoms with van der Waals surface area (Å²) in [4.78, 5) is 18.9. The predicted octanol–water partition coefficient (Wildman–Crippen LogP) is 3.59. The van der Waals surface area contributed by atoms with Crippen molar-refractivity contribution in [3.05, 3.63) is 48.0 Å². The fraction of sp³-hybridized carbons (Fsp3) is 0.409. The molecule has 1 N–H and O–H groups in total. The van der Waals surface area contributed by atoms with Gasteiger partial charge in [-0.05, 0) is 36.0 Å². The maximum Gasteiger partial charge on any atom is 0.249 e. The molecule has 1 aliphatic carbocycles. The van der Waals surface area contributed by atoms with Crippen molar-refractivity contribution >= 4 is 17.5 Å². The molecule has 2 fully saturated rings. The molecule has 5 rings (SSSR count). The van der Waals surface area contributed by atoms with Gasteiger partial charge in [0.25, 0.3) is 0 Å². The zero-order valence-electron chi connectivity index (χ0n) is 16.4. The van der Waals surface area contributed by atoms with Gasteiger partial charge in [-0.25, -0.2) is 4.52 Å². The molecule has 144 valence electrons. The van der Waals surface area contributed by atoms with Gasteiger partial charge in [0.05, 0.1) is 5.69 Å². The first kappa shape index (κ1) is 17.4. The number of likely N-dealkylation sites (tertiary alicyclic amines) is 1. The molecule has 6 heteroatoms. The monoisotopic (exact) mass is 375 g/mol. The van der Waals surface area contributed by atoms with E-state index in [0.717, 1.165) is 49.4 Å². The van der Waals surface area contributed by atoms with Crippen LogP contribution in [-0.4, -0.2) is 38.5 Å². The number of nitrogens with one attached hydrogen (secondary N) is 1. The molecule has 2 aliphatic rings. The molecule has 0 bridgehead atoms. The molecular weight excluding hydrogens is 350 g/mol. The van der Waals surface area contributed by atoms with E-state index < -0.39 is 0 Å². The molecular formula is C22H25N5O. The maximum absolute atomic E-state index is 12.0. The van der Waals surface area contributed by atoms with Crippen LogP contribution in [-0.2, 0) is 11.3 Å². The van der Waals surface area contributed by atoms with E-state index >= 15 is 0 Å². The van der Waals surface area contributed by atoms with E-state index in [1.165, 1.54) is 5.56 Å². The van der Waals surface area contributed by atoms with Crippen LogP contribution >= 0.6 is 0 Å². The summed E-state index contributed by atoms with van der Waals surface area (Å²) in [6.07, 6.45) is 1.93. The van der Waals surface area contributed by atoms with Gasteiger partial charge in [0.15, 0.2) is 5.65 Å². The van der Waals surface area contributed by atoms with Crippen LogP contribution < -0.4 is 5.32 Å². The van der Waals surface area contributed by atoms with E-state index in [1.54, 1.807) is 4.52 Å². The molecule has 3 heterocycles. The van der Waals surface area contributed by atoms with Crippen molar-refractivity contribution in [3.8, 4) is 11.3 Å². The van der Waals surface area contributed by atoms with Gasteiger partial charge in [-0.15, -0.1) is 5.10 Å². The summed E-state index contributed by atoms with van der Waals surface area (Å²) in [7, 11) is 0. The van der Waals surface area contributed by atoms with Crippen LogP contribution in [0, 0.1) is 11.3 Å². The lowest BCUT2D eigenvalue weighted by molar-refractivity contribution is -0.117. The Labute approximate surface area is 164 Å². The number of rotatable bonds is 5. The molecule has 0 spiro atoms. The molecule has 1 aliphatic heterocycles. The molecule has 3 aromatic rings. The lowest BCUT2D eigenvalue weighted by atomic mass is 9.84. The Morgan fingerprint density at radius 3 is 2.57 bits per heavy atom. The van der Waals surface area contributed by atoms with Gasteiger partial charge in [0.2, 0.25) is 11.9 Å². The van der Waals surface area contributed by atoms with E-state index in [0.29, 0.717) is 11.4 Å². The third kappa shape index (κ3) is 3.40. The highest BCUT2D eigenvalue weighted by atomic mass is 16.2. The molecule has 2 aromatic heterocycles. The Kier molecular flexibility index (Phi) is 3.98. The molecule has 0 radical (unpaired) electrons. The SMILES string of the molecule is CC1(C)CN(Cc2ccc(-c3cccc4nc(NC(=O)C5CC5)nn34)cc2)C1. The highest BCUT2D eigenvalue weighted by molar-refractivity contribution is 5.92. The highest BCUT2D eigenvalue weighted by Gasteiger charge is 2.33. The smallest absolute Gasteiger partial charge is 0.249 e. The Balaban J connectivity index is 1.36. The maximum atomic E-state index is 12.0. The number of amides is 1. The number of anilines is 1. The molecule has 0 atom stereocenters. The first-order valence-electron chi connectivity index (χ1n) is 9.95. The quantitative estimate of drug-likeness (QED) is 0.740. The fourth-order valence-corrected chi connectivity index (χ4v) is 4.05. The first-order valence-corrected chi connectivity index (χ1v) is 9.95. The Bertz CT molecular complexity index is 1020. The second kappa shape index (κ2) is 6.41. The number of aromatic nitrogens is 3. The van der Waals surface area contributed by atoms with E-state index in [1.807, 2.05) is 18.2 Å². The van der Waals surface area contributed by atoms with Gasteiger partial charge in [-0.2, -0.15) is 4.98 Å². The number of benzene rings is 1. The van der Waals surface area contributed by atoms with E-state index in [4.69, 9.17) is 0 Å². The van der Waals surface area contributed by atoms with Crippen LogP contribution in [0.2, 0.25) is 0 Å². The lowest BCUT2D eigenvalue weighted by Gasteiger charge is -2.46. The Morgan fingerprint density at radius 1 is 1.14 bits per heavy atom. The largest absolute Gasteiger partial charge is 0.298 e. The molecule has 1 saturated carbocycles. The van der Waals surface area contributed by atoms with Gasteiger partial charge in [-0.1, -0.05) is 44.2 Å². The van der Waals surface area contributed by atoms with Crippen LogP contribution in [0.15, 0.2) is 42.5 Å². The van der Waals surface area contributed by atoms with Crippen LogP contribution in [0.3, 0.4) is 0 Å². The van der Waals surface area contributed by atoms with E-state index in [9.17, 15) is 4.79 Å². The second-order valence-electron chi connectivity index (χ2n) is 8.89. The van der Waals surface area contributed by atoms with Gasteiger partial charge in [-0.3, -0.25) is 15.0 Å². The van der Waals surface area contributed by atoms with E-state index in [-0.39, 0.29) is 11.8 Å². The average Bonchev–Trinajstić information content (AvgIpc) is 3.41. The zero-order chi connectivity index (χ0) is 19.3. The Hall–Kier alpha value is -2.73. The van der Waals surface area contributed by atoms with Crippen molar-refractivity contribution in [1.29, 1.82) is 0 Å². The number of hydrogen-bond donors (Lipinski definition) is 1. The summed E-state index contributed by atoms with van der Waals surface area (Å²) >= 11 is 0. The van der Waals surface area contributed by atoms with Crippen LogP contribution in [0.25, 0.3) is 16.9 Å². The summed E-state index contributed by atoms with van der Waals surface area (Å²) in [6.45, 7) is 7.93. The zero-order valence-corrected chi connectivity index (χ0v) is 16.4. The summed E-state index contributed by atoms with van der Waals surface area (Å²) in [5.74, 6) is 0.535. The first-order chi connectivity index (χ1) is 13.5. The molecule has 1 amide bonds. The minimum absolute atomic E-state index is 0.0241. The van der Waals surface area contributed by atoms with Gasteiger partial charge >= 0.3 is 0 Å². The van der Waals surface area contributed by atoms with Gasteiger partial charge in [0.1, 0.15) is 0 Å². The minimum Gasteiger partial charge on any atom is -0.298 e. The standard InChI is InChI=1S/C22H25N5O/c1-22(2)13-26(14-22)12-15-6-8-16(9-7-15)18-4-3-5-19-23-21(25-27(18)19)24-20(28)17-10-11-17/h3-9,17H,10-14H2,1-2H3,(H,24,25,28). The van der Waals surface area contributed by atoms with Crippen molar-refractivity contribution in [3.63, 3.8) is 0 Å². The third-order valence-electron chi connectivity index (χ3n) is 5.50. The van der Waals surface area contributed by atoms with E-state index in [2.05, 4.69) is 58.4 Å². The lowest BCUT2D eigenvalue weighted by Crippen LogP contribution is -2.52. The Morgan fingerprint density at radius 2 is 1.89 bits per heavy atom. The topological polar surface area (TPSA) is 62.5 Å². The van der Waals surface area contributed by atoms with Gasteiger partial charge in [0, 0.05) is 31.1 Å². The third-order valence-corrected chi connectivity index (χ3v) is 5.50. The van der Waals surface area contributed by atoms with Crippen molar-refractivity contribution in [1.82, 2.24) is 19.5 Å². The summed E-state index contributed by atoms with van der Waals surface area (Å²) in [5, 5.41) is 7.35. The molecule has 28 heavy (non-hydrogen) atoms. The predicted molar refractivity (Wildman–Crippen MR) is 109 cm³/mol. The number of carbonyl (C=O) groups is 1. The number of fused-ring (bicyclic) bond motifs is 1. The van der Waals surface area contributed by atoms with Crippen molar-refractivity contribution in [2.45, 2.75) is 33.2 Å². The van der Waals surface area contributed by atoms with Crippen molar-refractivity contribution < 1.29 is 4.79 Å². The summed E-state index contributed by atoms with van der Waals surface area (Å²) in [6, 6.07) is 14.6. The average molecular weight is 375 g/mol. The highest BCUT2D eigenvalue weighted by Crippen LogP contribution is 2.31. The molecule has 0 unspecified atom stereocenters. The van der Waals surface area contributed by atoms with Crippen molar-refractivity contribution in [2.75, 3.05) is 18.4 Å². The molecule has 1 aromatic carbocycles.